The number of rotatable bonds is 4. The Balaban J connectivity index is 1.34. The van der Waals surface area contributed by atoms with E-state index in [9.17, 15) is 13.2 Å². The maximum atomic E-state index is 12.2. The maximum absolute atomic E-state index is 12.2. The standard InChI is InChI=1S/C15H18N6O3S/c22-15(19-12-2-5-25(23,24)9-12)11-7-20(8-11)13-6-14(17-10-16-13)21-4-1-3-18-21/h1,3-4,6,10-12H,2,5,7-9H2,(H,19,22). The van der Waals surface area contributed by atoms with Gasteiger partial charge in [-0.15, -0.1) is 0 Å². The highest BCUT2D eigenvalue weighted by Crippen LogP contribution is 2.24. The molecule has 0 bridgehead atoms. The molecule has 2 aliphatic rings. The highest BCUT2D eigenvalue weighted by molar-refractivity contribution is 7.91. The van der Waals surface area contributed by atoms with Gasteiger partial charge in [0, 0.05) is 37.6 Å². The maximum Gasteiger partial charge on any atom is 0.226 e. The van der Waals surface area contributed by atoms with Crippen LogP contribution in [0.2, 0.25) is 0 Å². The van der Waals surface area contributed by atoms with Crippen molar-refractivity contribution in [2.45, 2.75) is 12.5 Å². The Morgan fingerprint density at radius 2 is 2.04 bits per heavy atom. The van der Waals surface area contributed by atoms with Crippen LogP contribution in [0.4, 0.5) is 5.82 Å². The number of sulfone groups is 1. The summed E-state index contributed by atoms with van der Waals surface area (Å²) < 4.78 is 24.6. The van der Waals surface area contributed by atoms with Crippen molar-refractivity contribution in [1.82, 2.24) is 25.1 Å². The Labute approximate surface area is 145 Å². The van der Waals surface area contributed by atoms with Gasteiger partial charge >= 0.3 is 0 Å². The highest BCUT2D eigenvalue weighted by Gasteiger charge is 2.36. The van der Waals surface area contributed by atoms with Crippen LogP contribution in [0.15, 0.2) is 30.9 Å². The summed E-state index contributed by atoms with van der Waals surface area (Å²) in [5, 5.41) is 6.99. The lowest BCUT2D eigenvalue weighted by molar-refractivity contribution is -0.126. The van der Waals surface area contributed by atoms with Gasteiger partial charge in [0.2, 0.25) is 5.91 Å². The largest absolute Gasteiger partial charge is 0.355 e. The smallest absolute Gasteiger partial charge is 0.226 e. The predicted molar refractivity (Wildman–Crippen MR) is 90.1 cm³/mol. The first-order chi connectivity index (χ1) is 12.0. The molecule has 2 fully saturated rings. The minimum atomic E-state index is -2.99. The second-order valence-corrected chi connectivity index (χ2v) is 8.62. The Bertz CT molecular complexity index is 876. The lowest BCUT2D eigenvalue weighted by atomic mass is 9.98. The molecule has 0 spiro atoms. The second kappa shape index (κ2) is 6.10. The Morgan fingerprint density at radius 1 is 1.24 bits per heavy atom. The Hall–Kier alpha value is -2.49. The molecule has 1 N–H and O–H groups in total. The summed E-state index contributed by atoms with van der Waals surface area (Å²) in [5.41, 5.74) is 0. The monoisotopic (exact) mass is 362 g/mol. The molecule has 2 saturated heterocycles. The van der Waals surface area contributed by atoms with E-state index >= 15 is 0 Å². The van der Waals surface area contributed by atoms with Crippen molar-refractivity contribution in [2.24, 2.45) is 5.92 Å². The molecule has 0 saturated carbocycles. The summed E-state index contributed by atoms with van der Waals surface area (Å²) in [5.74, 6) is 1.39. The molecule has 9 nitrogen and oxygen atoms in total. The van der Waals surface area contributed by atoms with E-state index in [4.69, 9.17) is 0 Å². The first-order valence-corrected chi connectivity index (χ1v) is 9.90. The van der Waals surface area contributed by atoms with Crippen LogP contribution >= 0.6 is 0 Å². The zero-order chi connectivity index (χ0) is 17.4. The summed E-state index contributed by atoms with van der Waals surface area (Å²) in [6.45, 7) is 1.11. The van der Waals surface area contributed by atoms with Crippen LogP contribution in [0, 0.1) is 5.92 Å². The topological polar surface area (TPSA) is 110 Å². The van der Waals surface area contributed by atoms with Crippen molar-refractivity contribution >= 4 is 21.6 Å². The number of nitrogens with one attached hydrogen (secondary N) is 1. The molecule has 1 amide bonds. The van der Waals surface area contributed by atoms with Crippen molar-refractivity contribution in [3.8, 4) is 5.82 Å². The van der Waals surface area contributed by atoms with Gasteiger partial charge in [0.25, 0.3) is 0 Å². The quantitative estimate of drug-likeness (QED) is 0.773. The van der Waals surface area contributed by atoms with E-state index in [1.54, 1.807) is 17.1 Å². The Morgan fingerprint density at radius 3 is 2.72 bits per heavy atom. The van der Waals surface area contributed by atoms with Crippen molar-refractivity contribution in [3.63, 3.8) is 0 Å². The molecule has 2 aromatic rings. The van der Waals surface area contributed by atoms with Gasteiger partial charge in [0.15, 0.2) is 15.7 Å². The molecule has 1 unspecified atom stereocenters. The molecule has 4 heterocycles. The third kappa shape index (κ3) is 3.34. The first-order valence-electron chi connectivity index (χ1n) is 8.08. The molecule has 10 heteroatoms. The van der Waals surface area contributed by atoms with Gasteiger partial charge in [-0.3, -0.25) is 4.79 Å². The fraction of sp³-hybridized carbons (Fsp3) is 0.467. The number of hydrogen-bond donors (Lipinski definition) is 1. The van der Waals surface area contributed by atoms with Gasteiger partial charge in [0.05, 0.1) is 17.4 Å². The summed E-state index contributed by atoms with van der Waals surface area (Å²) in [4.78, 5) is 22.7. The molecular formula is C15H18N6O3S. The average molecular weight is 362 g/mol. The number of carbonyl (C=O) groups is 1. The second-order valence-electron chi connectivity index (χ2n) is 6.40. The van der Waals surface area contributed by atoms with E-state index in [2.05, 4.69) is 20.4 Å². The predicted octanol–water partition coefficient (Wildman–Crippen LogP) is -0.598. The number of amides is 1. The van der Waals surface area contributed by atoms with Crippen molar-refractivity contribution in [1.29, 1.82) is 0 Å². The van der Waals surface area contributed by atoms with Gasteiger partial charge in [0.1, 0.15) is 12.1 Å². The van der Waals surface area contributed by atoms with Crippen LogP contribution < -0.4 is 10.2 Å². The van der Waals surface area contributed by atoms with Crippen LogP contribution in [-0.2, 0) is 14.6 Å². The molecule has 0 aliphatic carbocycles. The summed E-state index contributed by atoms with van der Waals surface area (Å²) in [7, 11) is -2.99. The molecule has 0 radical (unpaired) electrons. The SMILES string of the molecule is O=C(NC1CCS(=O)(=O)C1)C1CN(c2cc(-n3cccn3)ncn2)C1. The van der Waals surface area contributed by atoms with E-state index in [1.807, 2.05) is 17.0 Å². The molecule has 1 atom stereocenters. The number of anilines is 1. The number of carbonyl (C=O) groups excluding carboxylic acids is 1. The van der Waals surface area contributed by atoms with Crippen LogP contribution in [0.25, 0.3) is 5.82 Å². The molecular weight excluding hydrogens is 344 g/mol. The van der Waals surface area contributed by atoms with Crippen LogP contribution in [-0.4, -0.2) is 64.7 Å². The fourth-order valence-electron chi connectivity index (χ4n) is 3.10. The van der Waals surface area contributed by atoms with Crippen LogP contribution in [0.5, 0.6) is 0 Å². The van der Waals surface area contributed by atoms with E-state index in [0.717, 1.165) is 5.82 Å². The highest BCUT2D eigenvalue weighted by atomic mass is 32.2. The van der Waals surface area contributed by atoms with Crippen molar-refractivity contribution < 1.29 is 13.2 Å². The first kappa shape index (κ1) is 16.0. The van der Waals surface area contributed by atoms with E-state index in [1.165, 1.54) is 6.33 Å². The van der Waals surface area contributed by atoms with Gasteiger partial charge in [-0.2, -0.15) is 5.10 Å². The van der Waals surface area contributed by atoms with Gasteiger partial charge < -0.3 is 10.2 Å². The average Bonchev–Trinajstić information content (AvgIpc) is 3.16. The summed E-state index contributed by atoms with van der Waals surface area (Å²) >= 11 is 0. The summed E-state index contributed by atoms with van der Waals surface area (Å²) in [6.07, 6.45) is 5.45. The minimum absolute atomic E-state index is 0.0499. The molecule has 2 aromatic heterocycles. The minimum Gasteiger partial charge on any atom is -0.355 e. The third-order valence-electron chi connectivity index (χ3n) is 4.53. The Kier molecular flexibility index (Phi) is 3.91. The number of aromatic nitrogens is 4. The zero-order valence-electron chi connectivity index (χ0n) is 13.4. The summed E-state index contributed by atoms with van der Waals surface area (Å²) in [6, 6.07) is 3.39. The van der Waals surface area contributed by atoms with E-state index in [0.29, 0.717) is 25.3 Å². The molecule has 2 aliphatic heterocycles. The lowest BCUT2D eigenvalue weighted by Gasteiger charge is -2.39. The van der Waals surface area contributed by atoms with Crippen molar-refractivity contribution in [2.75, 3.05) is 29.5 Å². The van der Waals surface area contributed by atoms with Gasteiger partial charge in [-0.05, 0) is 12.5 Å². The molecule has 132 valence electrons. The molecule has 0 aromatic carbocycles. The fourth-order valence-corrected chi connectivity index (χ4v) is 4.77. The van der Waals surface area contributed by atoms with Gasteiger partial charge in [-0.1, -0.05) is 0 Å². The van der Waals surface area contributed by atoms with E-state index in [-0.39, 0.29) is 29.4 Å². The number of nitrogens with zero attached hydrogens (tertiary/aromatic N) is 5. The lowest BCUT2D eigenvalue weighted by Crippen LogP contribution is -2.55. The molecule has 25 heavy (non-hydrogen) atoms. The van der Waals surface area contributed by atoms with Crippen molar-refractivity contribution in [3.05, 3.63) is 30.9 Å². The third-order valence-corrected chi connectivity index (χ3v) is 6.30. The van der Waals surface area contributed by atoms with Gasteiger partial charge in [-0.25, -0.2) is 23.1 Å². The normalized spacial score (nSPS) is 22.6. The van der Waals surface area contributed by atoms with E-state index < -0.39 is 9.84 Å². The van der Waals surface area contributed by atoms with Crippen LogP contribution in [0.3, 0.4) is 0 Å². The molecule has 4 rings (SSSR count). The van der Waals surface area contributed by atoms with Crippen LogP contribution in [0.1, 0.15) is 6.42 Å². The number of hydrogen-bond acceptors (Lipinski definition) is 7. The zero-order valence-corrected chi connectivity index (χ0v) is 14.3.